The first kappa shape index (κ1) is 36.9. The van der Waals surface area contributed by atoms with Gasteiger partial charge in [-0.1, -0.05) is 164 Å². The van der Waals surface area contributed by atoms with Gasteiger partial charge >= 0.3 is 0 Å². The lowest BCUT2D eigenvalue weighted by Gasteiger charge is -2.28. The molecule has 0 radical (unpaired) electrons. The molecule has 0 saturated heterocycles. The van der Waals surface area contributed by atoms with E-state index < -0.39 is 0 Å². The van der Waals surface area contributed by atoms with Gasteiger partial charge < -0.3 is 13.9 Å². The molecule has 0 amide bonds. The van der Waals surface area contributed by atoms with Crippen LogP contribution in [0.15, 0.2) is 247 Å². The van der Waals surface area contributed by atoms with E-state index in [1.807, 2.05) is 6.07 Å². The zero-order chi connectivity index (χ0) is 42.8. The highest BCUT2D eigenvalue weighted by Crippen LogP contribution is 2.47. The molecule has 0 spiro atoms. The second kappa shape index (κ2) is 15.0. The van der Waals surface area contributed by atoms with Crippen molar-refractivity contribution in [2.45, 2.75) is 0 Å². The standard InChI is InChI=1S/C62H40N2O/c1-3-13-46-39-48(23-21-41(46)11-1)43-25-31-50(32-26-43)63(51-33-27-44(28-34-51)49-24-22-42-12-2-4-14-47(42)40-49)59-38-37-56-55-17-7-10-20-60(55)65-62(56)61(59)45-29-35-52(36-30-45)64-57-18-8-5-15-53(57)54-16-6-9-19-58(54)64/h1-40H. The van der Waals surface area contributed by atoms with Crippen molar-refractivity contribution in [2.24, 2.45) is 0 Å². The molecule has 65 heavy (non-hydrogen) atoms. The molecular weight excluding hydrogens is 789 g/mol. The van der Waals surface area contributed by atoms with Crippen molar-refractivity contribution in [3.05, 3.63) is 243 Å². The van der Waals surface area contributed by atoms with Gasteiger partial charge in [-0.3, -0.25) is 0 Å². The summed E-state index contributed by atoms with van der Waals surface area (Å²) in [5, 5.41) is 9.62. The Hall–Kier alpha value is -8.66. The average molecular weight is 829 g/mol. The van der Waals surface area contributed by atoms with Crippen LogP contribution < -0.4 is 4.90 Å². The minimum absolute atomic E-state index is 0.860. The van der Waals surface area contributed by atoms with E-state index in [0.717, 1.165) is 55.8 Å². The highest BCUT2D eigenvalue weighted by molar-refractivity contribution is 6.14. The van der Waals surface area contributed by atoms with Gasteiger partial charge in [0.1, 0.15) is 11.2 Å². The molecule has 0 N–H and O–H groups in total. The van der Waals surface area contributed by atoms with E-state index in [0.29, 0.717) is 0 Å². The van der Waals surface area contributed by atoms with Crippen molar-refractivity contribution >= 4 is 82.4 Å². The van der Waals surface area contributed by atoms with E-state index in [1.54, 1.807) is 0 Å². The van der Waals surface area contributed by atoms with Gasteiger partial charge in [-0.05, 0) is 128 Å². The zero-order valence-corrected chi connectivity index (χ0v) is 35.4. The van der Waals surface area contributed by atoms with Gasteiger partial charge in [0.2, 0.25) is 0 Å². The van der Waals surface area contributed by atoms with Gasteiger partial charge in [-0.25, -0.2) is 0 Å². The van der Waals surface area contributed by atoms with Crippen molar-refractivity contribution in [3.63, 3.8) is 0 Å². The number of anilines is 3. The molecule has 0 unspecified atom stereocenters. The fraction of sp³-hybridized carbons (Fsp3) is 0. The molecule has 13 rings (SSSR count). The van der Waals surface area contributed by atoms with E-state index in [2.05, 4.69) is 246 Å². The summed E-state index contributed by atoms with van der Waals surface area (Å²) in [6.07, 6.45) is 0. The predicted molar refractivity (Wildman–Crippen MR) is 274 cm³/mol. The minimum Gasteiger partial charge on any atom is -0.455 e. The second-order valence-electron chi connectivity index (χ2n) is 16.9. The predicted octanol–water partition coefficient (Wildman–Crippen LogP) is 17.5. The van der Waals surface area contributed by atoms with Crippen LogP contribution in [0.3, 0.4) is 0 Å². The fourth-order valence-electron chi connectivity index (χ4n) is 9.99. The summed E-state index contributed by atoms with van der Waals surface area (Å²) >= 11 is 0. The molecule has 0 aliphatic heterocycles. The van der Waals surface area contributed by atoms with Crippen LogP contribution in [0.5, 0.6) is 0 Å². The maximum atomic E-state index is 6.91. The molecule has 0 saturated carbocycles. The summed E-state index contributed by atoms with van der Waals surface area (Å²) in [5.41, 5.74) is 15.1. The van der Waals surface area contributed by atoms with Crippen molar-refractivity contribution < 1.29 is 4.42 Å². The summed E-state index contributed by atoms with van der Waals surface area (Å²) in [7, 11) is 0. The fourth-order valence-corrected chi connectivity index (χ4v) is 9.99. The van der Waals surface area contributed by atoms with Crippen molar-refractivity contribution in [1.82, 2.24) is 4.57 Å². The summed E-state index contributed by atoms with van der Waals surface area (Å²) in [6, 6.07) is 87.7. The van der Waals surface area contributed by atoms with E-state index in [9.17, 15) is 0 Å². The number of rotatable bonds is 7. The molecule has 0 aliphatic carbocycles. The molecule has 304 valence electrons. The lowest BCUT2D eigenvalue weighted by atomic mass is 9.97. The molecule has 11 aromatic carbocycles. The van der Waals surface area contributed by atoms with Crippen LogP contribution in [0.2, 0.25) is 0 Å². The average Bonchev–Trinajstić information content (AvgIpc) is 3.93. The second-order valence-corrected chi connectivity index (χ2v) is 16.9. The van der Waals surface area contributed by atoms with E-state index in [-0.39, 0.29) is 0 Å². The zero-order valence-electron chi connectivity index (χ0n) is 35.4. The Labute approximate surface area is 376 Å². The Morgan fingerprint density at radius 2 is 0.785 bits per heavy atom. The van der Waals surface area contributed by atoms with Crippen LogP contribution in [-0.2, 0) is 0 Å². The third kappa shape index (κ3) is 6.20. The van der Waals surface area contributed by atoms with Gasteiger partial charge in [0.25, 0.3) is 0 Å². The normalized spacial score (nSPS) is 11.7. The third-order valence-corrected chi connectivity index (χ3v) is 13.2. The molecular formula is C62H40N2O. The maximum absolute atomic E-state index is 6.91. The number of para-hydroxylation sites is 3. The molecule has 13 aromatic rings. The van der Waals surface area contributed by atoms with Gasteiger partial charge in [0.15, 0.2) is 0 Å². The van der Waals surface area contributed by atoms with Crippen LogP contribution in [0.1, 0.15) is 0 Å². The molecule has 2 aromatic heterocycles. The Kier molecular flexibility index (Phi) is 8.53. The Morgan fingerprint density at radius 1 is 0.323 bits per heavy atom. The third-order valence-electron chi connectivity index (χ3n) is 13.2. The first-order valence-electron chi connectivity index (χ1n) is 22.2. The summed E-state index contributed by atoms with van der Waals surface area (Å²) < 4.78 is 9.28. The Balaban J connectivity index is 0.994. The summed E-state index contributed by atoms with van der Waals surface area (Å²) in [5.74, 6) is 0. The van der Waals surface area contributed by atoms with Crippen molar-refractivity contribution in [1.29, 1.82) is 0 Å². The van der Waals surface area contributed by atoms with E-state index in [1.165, 1.54) is 65.6 Å². The quantitative estimate of drug-likeness (QED) is 0.160. The Bertz CT molecular complexity index is 3760. The van der Waals surface area contributed by atoms with E-state index in [4.69, 9.17) is 4.42 Å². The number of hydrogen-bond acceptors (Lipinski definition) is 2. The van der Waals surface area contributed by atoms with Gasteiger partial charge in [0, 0.05) is 44.2 Å². The van der Waals surface area contributed by atoms with Crippen LogP contribution in [0, 0.1) is 0 Å². The number of furan rings is 1. The molecule has 0 bridgehead atoms. The molecule has 0 fully saturated rings. The highest BCUT2D eigenvalue weighted by atomic mass is 16.3. The SMILES string of the molecule is c1ccc2cc(-c3ccc(N(c4ccc(-c5ccc6ccccc6c5)cc4)c4ccc5c(oc6ccccc65)c4-c4ccc(-n5c6ccccc6c6ccccc65)cc4)cc3)ccc2c1. The number of benzene rings is 11. The van der Waals surface area contributed by atoms with Gasteiger partial charge in [-0.15, -0.1) is 0 Å². The lowest BCUT2D eigenvalue weighted by Crippen LogP contribution is -2.11. The maximum Gasteiger partial charge on any atom is 0.145 e. The monoisotopic (exact) mass is 828 g/mol. The molecule has 2 heterocycles. The number of hydrogen-bond donors (Lipinski definition) is 0. The minimum atomic E-state index is 0.860. The highest BCUT2D eigenvalue weighted by Gasteiger charge is 2.23. The van der Waals surface area contributed by atoms with Crippen molar-refractivity contribution in [2.75, 3.05) is 4.90 Å². The van der Waals surface area contributed by atoms with Crippen LogP contribution in [0.4, 0.5) is 17.1 Å². The molecule has 0 atom stereocenters. The van der Waals surface area contributed by atoms with Gasteiger partial charge in [-0.2, -0.15) is 0 Å². The molecule has 0 aliphatic rings. The number of fused-ring (bicyclic) bond motifs is 8. The van der Waals surface area contributed by atoms with Crippen LogP contribution >= 0.6 is 0 Å². The van der Waals surface area contributed by atoms with Crippen LogP contribution in [-0.4, -0.2) is 4.57 Å². The first-order chi connectivity index (χ1) is 32.2. The molecule has 3 nitrogen and oxygen atoms in total. The smallest absolute Gasteiger partial charge is 0.145 e. The lowest BCUT2D eigenvalue weighted by molar-refractivity contribution is 0.670. The van der Waals surface area contributed by atoms with Gasteiger partial charge in [0.05, 0.1) is 16.7 Å². The number of aromatic nitrogens is 1. The largest absolute Gasteiger partial charge is 0.455 e. The summed E-state index contributed by atoms with van der Waals surface area (Å²) in [6.45, 7) is 0. The summed E-state index contributed by atoms with van der Waals surface area (Å²) in [4.78, 5) is 2.39. The number of nitrogens with zero attached hydrogens (tertiary/aromatic N) is 2. The van der Waals surface area contributed by atoms with E-state index >= 15 is 0 Å². The topological polar surface area (TPSA) is 21.3 Å². The van der Waals surface area contributed by atoms with Crippen molar-refractivity contribution in [3.8, 4) is 39.1 Å². The Morgan fingerprint density at radius 3 is 1.35 bits per heavy atom. The van der Waals surface area contributed by atoms with Crippen LogP contribution in [0.25, 0.3) is 104 Å². The molecule has 3 heteroatoms. The first-order valence-corrected chi connectivity index (χ1v) is 22.2.